The van der Waals surface area contributed by atoms with Crippen LogP contribution < -0.4 is 22.5 Å². The molecule has 0 aliphatic carbocycles. The van der Waals surface area contributed by atoms with E-state index in [1.165, 1.54) is 6.92 Å². The van der Waals surface area contributed by atoms with Crippen molar-refractivity contribution in [1.82, 2.24) is 5.32 Å². The Morgan fingerprint density at radius 1 is 1.03 bits per heavy atom. The molecule has 1 fully saturated rings. The topological polar surface area (TPSA) is 286 Å². The Balaban J connectivity index is 0. The van der Waals surface area contributed by atoms with E-state index in [0.717, 1.165) is 13.0 Å². The van der Waals surface area contributed by atoms with Crippen LogP contribution in [0.15, 0.2) is 0 Å². The minimum absolute atomic E-state index is 0.0231. The zero-order valence-electron chi connectivity index (χ0n) is 17.5. The summed E-state index contributed by atoms with van der Waals surface area (Å²) in [6.45, 7) is 1.61. The monoisotopic (exact) mass is 468 g/mol. The maximum atomic E-state index is 11.3. The van der Waals surface area contributed by atoms with Gasteiger partial charge in [0.1, 0.15) is 24.2 Å². The molecule has 1 rings (SSSR count). The molecule has 0 aromatic rings. The number of hydrogen-bond acceptors (Lipinski definition) is 12. The first-order valence-electron chi connectivity index (χ1n) is 9.46. The van der Waals surface area contributed by atoms with Gasteiger partial charge < -0.3 is 52.8 Å². The van der Waals surface area contributed by atoms with Crippen molar-refractivity contribution >= 4 is 29.8 Å². The number of aliphatic hydroxyl groups excluding tert-OH is 2. The number of carboxylic acids is 3. The first-order valence-corrected chi connectivity index (χ1v) is 9.46. The van der Waals surface area contributed by atoms with E-state index in [4.69, 9.17) is 42.7 Å². The highest BCUT2D eigenvalue weighted by Crippen LogP contribution is 2.07. The van der Waals surface area contributed by atoms with Crippen molar-refractivity contribution in [3.8, 4) is 0 Å². The van der Waals surface area contributed by atoms with E-state index in [1.807, 2.05) is 0 Å². The summed E-state index contributed by atoms with van der Waals surface area (Å²) < 4.78 is 4.53. The Kier molecular flexibility index (Phi) is 16.7. The predicted molar refractivity (Wildman–Crippen MR) is 107 cm³/mol. The highest BCUT2D eigenvalue weighted by Gasteiger charge is 2.29. The van der Waals surface area contributed by atoms with Gasteiger partial charge in [0, 0.05) is 6.42 Å². The van der Waals surface area contributed by atoms with E-state index in [1.54, 1.807) is 0 Å². The van der Waals surface area contributed by atoms with E-state index >= 15 is 0 Å². The van der Waals surface area contributed by atoms with Crippen LogP contribution in [-0.4, -0.2) is 98.8 Å². The van der Waals surface area contributed by atoms with Crippen LogP contribution in [0.5, 0.6) is 0 Å². The zero-order chi connectivity index (χ0) is 25.4. The lowest BCUT2D eigenvalue weighted by molar-refractivity contribution is -0.163. The number of esters is 2. The lowest BCUT2D eigenvalue weighted by Crippen LogP contribution is -2.44. The quantitative estimate of drug-likeness (QED) is 0.116. The van der Waals surface area contributed by atoms with Crippen LogP contribution in [0.25, 0.3) is 0 Å². The number of aliphatic hydroxyl groups is 2. The van der Waals surface area contributed by atoms with Crippen molar-refractivity contribution in [3.05, 3.63) is 0 Å². The summed E-state index contributed by atoms with van der Waals surface area (Å²) in [5.41, 5.74) is 15.1. The Morgan fingerprint density at radius 3 is 1.88 bits per heavy atom. The van der Waals surface area contributed by atoms with Gasteiger partial charge in [-0.15, -0.1) is 0 Å². The van der Waals surface area contributed by atoms with Gasteiger partial charge in [-0.05, 0) is 32.7 Å². The molecule has 0 spiro atoms. The molecule has 186 valence electrons. The fraction of sp³-hybridized carbons (Fsp3) is 0.706. The van der Waals surface area contributed by atoms with Crippen molar-refractivity contribution in [3.63, 3.8) is 0 Å². The number of ether oxygens (including phenoxy) is 1. The molecule has 0 radical (unpaired) electrons. The summed E-state index contributed by atoms with van der Waals surface area (Å²) in [6, 6.07) is -3.78. The van der Waals surface area contributed by atoms with Gasteiger partial charge in [0.25, 0.3) is 0 Å². The van der Waals surface area contributed by atoms with Gasteiger partial charge in [-0.2, -0.15) is 0 Å². The van der Waals surface area contributed by atoms with Gasteiger partial charge in [-0.3, -0.25) is 14.4 Å². The highest BCUT2D eigenvalue weighted by molar-refractivity contribution is 5.91. The molecule has 1 saturated heterocycles. The third-order valence-electron chi connectivity index (χ3n) is 3.84. The Morgan fingerprint density at radius 2 is 1.56 bits per heavy atom. The largest absolute Gasteiger partial charge is 0.481 e. The van der Waals surface area contributed by atoms with Crippen molar-refractivity contribution < 1.29 is 54.2 Å². The molecule has 1 aliphatic rings. The average molecular weight is 468 g/mol. The first-order chi connectivity index (χ1) is 14.7. The molecule has 1 heterocycles. The molecule has 0 bridgehead atoms. The van der Waals surface area contributed by atoms with Crippen molar-refractivity contribution in [2.45, 2.75) is 62.9 Å². The molecule has 0 saturated carbocycles. The normalized spacial score (nSPS) is 18.4. The van der Waals surface area contributed by atoms with E-state index in [9.17, 15) is 24.0 Å². The smallest absolute Gasteiger partial charge is 0.333 e. The number of aliphatic carboxylic acids is 3. The van der Waals surface area contributed by atoms with Gasteiger partial charge in [-0.1, -0.05) is 0 Å². The van der Waals surface area contributed by atoms with Crippen LogP contribution in [0.2, 0.25) is 0 Å². The summed E-state index contributed by atoms with van der Waals surface area (Å²) in [4.78, 5) is 52.1. The first kappa shape index (κ1) is 31.5. The number of nitrogens with one attached hydrogen (secondary N) is 1. The zero-order valence-corrected chi connectivity index (χ0v) is 17.5. The van der Waals surface area contributed by atoms with Crippen LogP contribution >= 0.6 is 0 Å². The molecular weight excluding hydrogens is 436 g/mol. The van der Waals surface area contributed by atoms with E-state index in [-0.39, 0.29) is 12.8 Å². The van der Waals surface area contributed by atoms with Gasteiger partial charge in [0.15, 0.2) is 0 Å². The molecule has 12 N–H and O–H groups in total. The number of carboxylic acid groups (broad SMARTS) is 3. The maximum Gasteiger partial charge on any atom is 0.333 e. The van der Waals surface area contributed by atoms with Crippen LogP contribution in [0.3, 0.4) is 0 Å². The molecule has 32 heavy (non-hydrogen) atoms. The predicted octanol–water partition coefficient (Wildman–Crippen LogP) is -3.83. The number of rotatable bonds is 9. The highest BCUT2D eigenvalue weighted by atomic mass is 16.6. The molecule has 0 unspecified atom stereocenters. The lowest BCUT2D eigenvalue weighted by atomic mass is 10.2. The second-order valence-corrected chi connectivity index (χ2v) is 6.66. The molecule has 15 heteroatoms. The molecule has 5 atom stereocenters. The third kappa shape index (κ3) is 15.2. The summed E-state index contributed by atoms with van der Waals surface area (Å²) in [5.74, 6) is -4.88. The number of carbonyl (C=O) groups excluding carboxylic acids is 2. The number of hydrogen-bond donors (Lipinski definition) is 9. The Bertz CT molecular complexity index is 612. The minimum Gasteiger partial charge on any atom is -0.481 e. The minimum atomic E-state index is -1.18. The molecule has 0 amide bonds. The van der Waals surface area contributed by atoms with Crippen LogP contribution in [0.1, 0.15) is 32.6 Å². The molecular formula is C17H32N4O11. The second-order valence-electron chi connectivity index (χ2n) is 6.66. The van der Waals surface area contributed by atoms with Crippen molar-refractivity contribution in [1.29, 1.82) is 0 Å². The van der Waals surface area contributed by atoms with Gasteiger partial charge in [0.2, 0.25) is 0 Å². The second kappa shape index (κ2) is 16.9. The summed E-state index contributed by atoms with van der Waals surface area (Å²) in [6.07, 6.45) is 0.298. The summed E-state index contributed by atoms with van der Waals surface area (Å²) in [5, 5.41) is 44.1. The van der Waals surface area contributed by atoms with Crippen molar-refractivity contribution in [2.75, 3.05) is 13.2 Å². The van der Waals surface area contributed by atoms with E-state index < -0.39 is 66.7 Å². The SMILES string of the molecule is C[C@@H](O)[C@H](N)C(=O)OC(=O)[C@@H]1CCCN1.N[C@@H](CCC(=O)O)C(=O)O.N[C@@H](CO)C(=O)O. The molecule has 0 aromatic carbocycles. The maximum absolute atomic E-state index is 11.3. The van der Waals surface area contributed by atoms with Gasteiger partial charge >= 0.3 is 29.8 Å². The molecule has 1 aliphatic heterocycles. The van der Waals surface area contributed by atoms with Crippen LogP contribution in [-0.2, 0) is 28.7 Å². The fourth-order valence-corrected chi connectivity index (χ4v) is 1.80. The van der Waals surface area contributed by atoms with Crippen molar-refractivity contribution in [2.24, 2.45) is 17.2 Å². The average Bonchev–Trinajstić information content (AvgIpc) is 3.26. The van der Waals surface area contributed by atoms with Crippen LogP contribution in [0.4, 0.5) is 0 Å². The molecule has 15 nitrogen and oxygen atoms in total. The van der Waals surface area contributed by atoms with Gasteiger partial charge in [-0.25, -0.2) is 9.59 Å². The standard InChI is InChI=1S/C9H16N2O4.C5H9NO4.C3H7NO3/c1-5(12)7(10)9(14)15-8(13)6-3-2-4-11-6;6-3(5(9)10)1-2-4(7)8;4-2(1-5)3(6)7/h5-7,11-12H,2-4,10H2,1H3;3H,1-2,6H2,(H,7,8)(H,9,10);2,5H,1,4H2,(H,6,7)/t5-,6+,7+;3-;2-/m100/s1. The van der Waals surface area contributed by atoms with Crippen LogP contribution in [0, 0.1) is 0 Å². The third-order valence-corrected chi connectivity index (χ3v) is 3.84. The van der Waals surface area contributed by atoms with E-state index in [2.05, 4.69) is 10.1 Å². The van der Waals surface area contributed by atoms with E-state index in [0.29, 0.717) is 6.42 Å². The summed E-state index contributed by atoms with van der Waals surface area (Å²) >= 11 is 0. The Labute approximate surface area is 183 Å². The number of nitrogens with two attached hydrogens (primary N) is 3. The molecule has 0 aromatic heterocycles. The lowest BCUT2D eigenvalue weighted by Gasteiger charge is -2.14. The Hall–Kier alpha value is -2.69. The van der Waals surface area contributed by atoms with Gasteiger partial charge in [0.05, 0.1) is 12.7 Å². The number of carbonyl (C=O) groups is 5. The fourth-order valence-electron chi connectivity index (χ4n) is 1.80. The summed E-state index contributed by atoms with van der Waals surface area (Å²) in [7, 11) is 0.